The maximum Gasteiger partial charge on any atom is 0.266 e. The monoisotopic (exact) mass is 409 g/mol. The number of nitrogens with zero attached hydrogens (tertiary/aromatic N) is 1. The zero-order valence-corrected chi connectivity index (χ0v) is 17.0. The predicted molar refractivity (Wildman–Crippen MR) is 112 cm³/mol. The van der Waals surface area contributed by atoms with Gasteiger partial charge in [-0.05, 0) is 55.0 Å². The normalized spacial score (nSPS) is 10.5. The van der Waals surface area contributed by atoms with Gasteiger partial charge in [-0.3, -0.25) is 9.59 Å². The number of carbonyl (C=O) groups excluding carboxylic acids is 2. The molecule has 2 aromatic rings. The lowest BCUT2D eigenvalue weighted by Gasteiger charge is -2.11. The second kappa shape index (κ2) is 11.1. The molecule has 0 aliphatic rings. The standard InChI is InChI=1S/C22H23N3O5/c1-4-24-21(26)14-30-19-10-5-15(12-20(19)29-3)11-16(13-23)22(27)25-17-6-8-18(28-2)9-7-17/h5-12H,4,14H2,1-3H3,(H,24,26)(H,25,27)/b16-11+. The summed E-state index contributed by atoms with van der Waals surface area (Å²) >= 11 is 0. The molecule has 0 unspecified atom stereocenters. The van der Waals surface area contributed by atoms with Gasteiger partial charge in [0.2, 0.25) is 0 Å². The molecule has 0 fully saturated rings. The number of anilines is 1. The molecule has 0 bridgehead atoms. The van der Waals surface area contributed by atoms with Crippen LogP contribution < -0.4 is 24.8 Å². The third-order valence-corrected chi connectivity index (χ3v) is 3.94. The Balaban J connectivity index is 2.14. The zero-order chi connectivity index (χ0) is 21.9. The van der Waals surface area contributed by atoms with Crippen LogP contribution in [0, 0.1) is 11.3 Å². The van der Waals surface area contributed by atoms with Crippen LogP contribution in [0.3, 0.4) is 0 Å². The third kappa shape index (κ3) is 6.27. The van der Waals surface area contributed by atoms with E-state index >= 15 is 0 Å². The summed E-state index contributed by atoms with van der Waals surface area (Å²) in [7, 11) is 3.01. The molecule has 2 aromatic carbocycles. The fourth-order valence-electron chi connectivity index (χ4n) is 2.47. The third-order valence-electron chi connectivity index (χ3n) is 3.94. The van der Waals surface area contributed by atoms with Gasteiger partial charge in [0.1, 0.15) is 17.4 Å². The number of methoxy groups -OCH3 is 2. The van der Waals surface area contributed by atoms with Crippen molar-refractivity contribution in [2.45, 2.75) is 6.92 Å². The first kappa shape index (κ1) is 22.3. The highest BCUT2D eigenvalue weighted by Crippen LogP contribution is 2.29. The quantitative estimate of drug-likeness (QED) is 0.487. The maximum atomic E-state index is 12.4. The van der Waals surface area contributed by atoms with Gasteiger partial charge in [-0.1, -0.05) is 6.07 Å². The highest BCUT2D eigenvalue weighted by molar-refractivity contribution is 6.09. The minimum atomic E-state index is -0.543. The van der Waals surface area contributed by atoms with E-state index in [4.69, 9.17) is 14.2 Å². The maximum absolute atomic E-state index is 12.4. The largest absolute Gasteiger partial charge is 0.497 e. The van der Waals surface area contributed by atoms with Gasteiger partial charge in [0.15, 0.2) is 18.1 Å². The molecule has 0 aliphatic heterocycles. The van der Waals surface area contributed by atoms with Crippen LogP contribution in [0.25, 0.3) is 6.08 Å². The number of rotatable bonds is 9. The van der Waals surface area contributed by atoms with Crippen molar-refractivity contribution in [3.8, 4) is 23.3 Å². The summed E-state index contributed by atoms with van der Waals surface area (Å²) in [5.74, 6) is 0.623. The fourth-order valence-corrected chi connectivity index (χ4v) is 2.47. The molecule has 0 radical (unpaired) electrons. The molecular formula is C22H23N3O5. The van der Waals surface area contributed by atoms with Crippen LogP contribution in [0.1, 0.15) is 12.5 Å². The first-order valence-corrected chi connectivity index (χ1v) is 9.15. The van der Waals surface area contributed by atoms with Crippen molar-refractivity contribution in [2.24, 2.45) is 0 Å². The number of hydrogen-bond donors (Lipinski definition) is 2. The number of nitriles is 1. The van der Waals surface area contributed by atoms with E-state index in [9.17, 15) is 14.9 Å². The summed E-state index contributed by atoms with van der Waals surface area (Å²) in [5.41, 5.74) is 1.02. The molecule has 0 saturated heterocycles. The van der Waals surface area contributed by atoms with Crippen molar-refractivity contribution >= 4 is 23.6 Å². The van der Waals surface area contributed by atoms with Crippen LogP contribution >= 0.6 is 0 Å². The van der Waals surface area contributed by atoms with Crippen molar-refractivity contribution in [3.63, 3.8) is 0 Å². The molecule has 2 N–H and O–H groups in total. The number of nitrogens with one attached hydrogen (secondary N) is 2. The number of hydrogen-bond acceptors (Lipinski definition) is 6. The molecule has 0 atom stereocenters. The molecule has 0 aromatic heterocycles. The molecule has 0 saturated carbocycles. The lowest BCUT2D eigenvalue weighted by Crippen LogP contribution is -2.28. The minimum absolute atomic E-state index is 0.0798. The van der Waals surface area contributed by atoms with E-state index in [-0.39, 0.29) is 18.1 Å². The predicted octanol–water partition coefficient (Wildman–Crippen LogP) is 2.76. The van der Waals surface area contributed by atoms with Gasteiger partial charge in [0.25, 0.3) is 11.8 Å². The molecule has 0 heterocycles. The van der Waals surface area contributed by atoms with Gasteiger partial charge in [-0.2, -0.15) is 5.26 Å². The van der Waals surface area contributed by atoms with Crippen LogP contribution in [-0.2, 0) is 9.59 Å². The van der Waals surface area contributed by atoms with Crippen LogP contribution in [0.15, 0.2) is 48.0 Å². The molecule has 30 heavy (non-hydrogen) atoms. The number of carbonyl (C=O) groups is 2. The average molecular weight is 409 g/mol. The molecule has 2 amide bonds. The smallest absolute Gasteiger partial charge is 0.266 e. The Morgan fingerprint density at radius 3 is 2.40 bits per heavy atom. The molecule has 2 rings (SSSR count). The van der Waals surface area contributed by atoms with Gasteiger partial charge >= 0.3 is 0 Å². The zero-order valence-electron chi connectivity index (χ0n) is 17.0. The number of likely N-dealkylation sites (N-methyl/N-ethyl adjacent to an activating group) is 1. The van der Waals surface area contributed by atoms with E-state index in [1.807, 2.05) is 13.0 Å². The van der Waals surface area contributed by atoms with Crippen LogP contribution in [-0.4, -0.2) is 39.2 Å². The van der Waals surface area contributed by atoms with Crippen molar-refractivity contribution in [2.75, 3.05) is 32.7 Å². The summed E-state index contributed by atoms with van der Waals surface area (Å²) < 4.78 is 15.8. The summed E-state index contributed by atoms with van der Waals surface area (Å²) in [4.78, 5) is 24.0. The molecular weight excluding hydrogens is 386 g/mol. The van der Waals surface area contributed by atoms with Crippen molar-refractivity contribution < 1.29 is 23.8 Å². The Morgan fingerprint density at radius 1 is 1.07 bits per heavy atom. The summed E-state index contributed by atoms with van der Waals surface area (Å²) in [6.07, 6.45) is 1.44. The van der Waals surface area contributed by atoms with E-state index in [0.29, 0.717) is 35.0 Å². The van der Waals surface area contributed by atoms with Crippen molar-refractivity contribution in [3.05, 3.63) is 53.6 Å². The van der Waals surface area contributed by atoms with Crippen LogP contribution in [0.5, 0.6) is 17.2 Å². The molecule has 8 nitrogen and oxygen atoms in total. The first-order valence-electron chi connectivity index (χ1n) is 9.15. The highest BCUT2D eigenvalue weighted by Gasteiger charge is 2.12. The fraction of sp³-hybridized carbons (Fsp3) is 0.227. The van der Waals surface area contributed by atoms with Crippen LogP contribution in [0.2, 0.25) is 0 Å². The summed E-state index contributed by atoms with van der Waals surface area (Å²) in [5, 5.41) is 14.7. The summed E-state index contributed by atoms with van der Waals surface area (Å²) in [6.45, 7) is 2.18. The van der Waals surface area contributed by atoms with Gasteiger partial charge in [0.05, 0.1) is 14.2 Å². The average Bonchev–Trinajstić information content (AvgIpc) is 2.76. The van der Waals surface area contributed by atoms with Crippen molar-refractivity contribution in [1.82, 2.24) is 5.32 Å². The number of ether oxygens (including phenoxy) is 3. The Morgan fingerprint density at radius 2 is 1.80 bits per heavy atom. The lowest BCUT2D eigenvalue weighted by atomic mass is 10.1. The topological polar surface area (TPSA) is 110 Å². The van der Waals surface area contributed by atoms with Gasteiger partial charge in [0, 0.05) is 12.2 Å². The number of benzene rings is 2. The van der Waals surface area contributed by atoms with E-state index in [1.165, 1.54) is 13.2 Å². The molecule has 8 heteroatoms. The van der Waals surface area contributed by atoms with E-state index in [1.54, 1.807) is 49.6 Å². The second-order valence-corrected chi connectivity index (χ2v) is 6.00. The SMILES string of the molecule is CCNC(=O)COc1ccc(/C=C(\C#N)C(=O)Nc2ccc(OC)cc2)cc1OC. The Kier molecular flexibility index (Phi) is 8.27. The second-order valence-electron chi connectivity index (χ2n) is 6.00. The Hall–Kier alpha value is -3.99. The number of amides is 2. The Bertz CT molecular complexity index is 962. The lowest BCUT2D eigenvalue weighted by molar-refractivity contribution is -0.123. The van der Waals surface area contributed by atoms with E-state index in [0.717, 1.165) is 0 Å². The highest BCUT2D eigenvalue weighted by atomic mass is 16.5. The molecule has 156 valence electrons. The summed E-state index contributed by atoms with van der Waals surface area (Å²) in [6, 6.07) is 13.5. The molecule has 0 aliphatic carbocycles. The van der Waals surface area contributed by atoms with E-state index in [2.05, 4.69) is 10.6 Å². The minimum Gasteiger partial charge on any atom is -0.497 e. The van der Waals surface area contributed by atoms with Gasteiger partial charge in [-0.15, -0.1) is 0 Å². The van der Waals surface area contributed by atoms with Crippen molar-refractivity contribution in [1.29, 1.82) is 5.26 Å². The molecule has 0 spiro atoms. The van der Waals surface area contributed by atoms with E-state index < -0.39 is 5.91 Å². The first-order chi connectivity index (χ1) is 14.5. The van der Waals surface area contributed by atoms with Gasteiger partial charge in [-0.25, -0.2) is 0 Å². The van der Waals surface area contributed by atoms with Crippen LogP contribution in [0.4, 0.5) is 5.69 Å². The Labute approximate surface area is 175 Å². The van der Waals surface area contributed by atoms with Gasteiger partial charge < -0.3 is 24.8 Å².